The molecular formula is C30H26F3N3O6S2. The number of anilines is 2. The van der Waals surface area contributed by atoms with Crippen LogP contribution in [0.5, 0.6) is 0 Å². The molecule has 1 saturated heterocycles. The molecule has 5 rings (SSSR count). The van der Waals surface area contributed by atoms with Gasteiger partial charge in [0.25, 0.3) is 5.91 Å². The number of alkyl halides is 3. The third-order valence-electron chi connectivity index (χ3n) is 6.09. The molecule has 9 nitrogen and oxygen atoms in total. The van der Waals surface area contributed by atoms with Crippen LogP contribution in [0.4, 0.5) is 24.5 Å². The molecular weight excluding hydrogens is 619 g/mol. The summed E-state index contributed by atoms with van der Waals surface area (Å²) in [7, 11) is 0. The Morgan fingerprint density at radius 2 is 1.52 bits per heavy atom. The lowest BCUT2D eigenvalue weighted by Gasteiger charge is -2.28. The summed E-state index contributed by atoms with van der Waals surface area (Å²) in [4.78, 5) is 41.8. The van der Waals surface area contributed by atoms with Crippen LogP contribution in [-0.2, 0) is 14.3 Å². The van der Waals surface area contributed by atoms with E-state index in [-0.39, 0.29) is 11.7 Å². The van der Waals surface area contributed by atoms with E-state index in [0.29, 0.717) is 11.4 Å². The normalized spacial score (nSPS) is 13.0. The number of hydrogen-bond acceptors (Lipinski definition) is 8. The first-order chi connectivity index (χ1) is 21.0. The fraction of sp³-hybridized carbons (Fsp3) is 0.200. The van der Waals surface area contributed by atoms with E-state index in [9.17, 15) is 22.8 Å². The van der Waals surface area contributed by atoms with Gasteiger partial charge in [0.15, 0.2) is 0 Å². The number of benzene rings is 3. The molecule has 230 valence electrons. The molecule has 0 saturated carbocycles. The Labute approximate surface area is 258 Å². The van der Waals surface area contributed by atoms with Crippen molar-refractivity contribution in [2.75, 3.05) is 42.3 Å². The van der Waals surface area contributed by atoms with E-state index in [1.165, 1.54) is 23.1 Å². The highest BCUT2D eigenvalue weighted by molar-refractivity contribution is 8.00. The fourth-order valence-corrected chi connectivity index (χ4v) is 5.68. The third-order valence-corrected chi connectivity index (χ3v) is 8.24. The number of ether oxygens (including phenoxy) is 1. The predicted molar refractivity (Wildman–Crippen MR) is 162 cm³/mol. The Kier molecular flexibility index (Phi) is 11.0. The van der Waals surface area contributed by atoms with Gasteiger partial charge in [-0.3, -0.25) is 9.59 Å². The minimum Gasteiger partial charge on any atom is -0.481 e. The summed E-state index contributed by atoms with van der Waals surface area (Å²) in [5.74, 6) is -3.87. The molecule has 3 aromatic carbocycles. The maximum Gasteiger partial charge on any atom is 0.490 e. The molecule has 2 heterocycles. The van der Waals surface area contributed by atoms with Crippen LogP contribution < -0.4 is 10.2 Å². The Bertz CT molecular complexity index is 1570. The van der Waals surface area contributed by atoms with Gasteiger partial charge in [-0.1, -0.05) is 42.5 Å². The number of hydrogen-bond donors (Lipinski definition) is 3. The Balaban J connectivity index is 0.000000566. The van der Waals surface area contributed by atoms with Crippen molar-refractivity contribution in [3.05, 3.63) is 84.6 Å². The maximum atomic E-state index is 13.4. The second kappa shape index (κ2) is 14.9. The largest absolute Gasteiger partial charge is 0.490 e. The van der Waals surface area contributed by atoms with Gasteiger partial charge in [0, 0.05) is 34.9 Å². The van der Waals surface area contributed by atoms with Crippen molar-refractivity contribution in [3.8, 4) is 21.0 Å². The van der Waals surface area contributed by atoms with E-state index in [1.807, 2.05) is 78.9 Å². The number of nitrogens with one attached hydrogen (secondary N) is 1. The Hall–Kier alpha value is -4.40. The average molecular weight is 646 g/mol. The van der Waals surface area contributed by atoms with E-state index in [1.54, 1.807) is 0 Å². The van der Waals surface area contributed by atoms with Crippen LogP contribution in [0, 0.1) is 0 Å². The Morgan fingerprint density at radius 1 is 0.909 bits per heavy atom. The fourth-order valence-electron chi connectivity index (χ4n) is 3.99. The van der Waals surface area contributed by atoms with Gasteiger partial charge in [-0.25, -0.2) is 9.78 Å². The molecule has 0 spiro atoms. The first-order valence-electron chi connectivity index (χ1n) is 13.1. The van der Waals surface area contributed by atoms with E-state index in [0.717, 1.165) is 57.9 Å². The Morgan fingerprint density at radius 3 is 2.09 bits per heavy atom. The molecule has 0 bridgehead atoms. The van der Waals surface area contributed by atoms with Crippen molar-refractivity contribution < 1.29 is 42.5 Å². The van der Waals surface area contributed by atoms with Crippen molar-refractivity contribution in [2.45, 2.75) is 11.1 Å². The number of thioether (sulfide) groups is 1. The highest BCUT2D eigenvalue weighted by atomic mass is 32.2. The van der Waals surface area contributed by atoms with Gasteiger partial charge in [-0.2, -0.15) is 13.2 Å². The number of amides is 1. The van der Waals surface area contributed by atoms with E-state index in [4.69, 9.17) is 24.7 Å². The molecule has 0 aliphatic carbocycles. The number of thiazole rings is 1. The quantitative estimate of drug-likeness (QED) is 0.187. The highest BCUT2D eigenvalue weighted by Gasteiger charge is 2.38. The van der Waals surface area contributed by atoms with Gasteiger partial charge in [0.1, 0.15) is 10.7 Å². The summed E-state index contributed by atoms with van der Waals surface area (Å²) < 4.78 is 37.2. The van der Waals surface area contributed by atoms with Gasteiger partial charge < -0.3 is 25.2 Å². The predicted octanol–water partition coefficient (Wildman–Crippen LogP) is 6.38. The van der Waals surface area contributed by atoms with Crippen molar-refractivity contribution in [2.24, 2.45) is 0 Å². The number of nitrogens with zero attached hydrogens (tertiary/aromatic N) is 2. The maximum absolute atomic E-state index is 13.4. The van der Waals surface area contributed by atoms with Crippen LogP contribution >= 0.6 is 23.1 Å². The molecule has 4 aromatic rings. The lowest BCUT2D eigenvalue weighted by molar-refractivity contribution is -0.192. The second-order valence-corrected chi connectivity index (χ2v) is 11.2. The summed E-state index contributed by atoms with van der Waals surface area (Å²) in [6.07, 6.45) is -5.08. The number of aromatic nitrogens is 1. The summed E-state index contributed by atoms with van der Waals surface area (Å²) in [5, 5.41) is 19.8. The summed E-state index contributed by atoms with van der Waals surface area (Å²) in [6, 6.07) is 25.2. The van der Waals surface area contributed by atoms with Crippen LogP contribution in [0.3, 0.4) is 0 Å². The second-order valence-electron chi connectivity index (χ2n) is 9.17. The van der Waals surface area contributed by atoms with Crippen LogP contribution in [-0.4, -0.2) is 71.3 Å². The lowest BCUT2D eigenvalue weighted by Crippen LogP contribution is -2.36. The molecule has 1 aromatic heterocycles. The van der Waals surface area contributed by atoms with E-state index < -0.39 is 18.1 Å². The van der Waals surface area contributed by atoms with Gasteiger partial charge in [0.2, 0.25) is 0 Å². The minimum atomic E-state index is -5.08. The highest BCUT2D eigenvalue weighted by Crippen LogP contribution is 2.36. The number of aliphatic carboxylic acids is 2. The molecule has 14 heteroatoms. The lowest BCUT2D eigenvalue weighted by atomic mass is 10.1. The summed E-state index contributed by atoms with van der Waals surface area (Å²) in [6.45, 7) is 3.15. The zero-order valence-electron chi connectivity index (χ0n) is 22.9. The number of carboxylic acid groups (broad SMARTS) is 2. The van der Waals surface area contributed by atoms with E-state index in [2.05, 4.69) is 10.2 Å². The zero-order valence-corrected chi connectivity index (χ0v) is 24.5. The summed E-state index contributed by atoms with van der Waals surface area (Å²) >= 11 is 2.72. The molecule has 0 radical (unpaired) electrons. The van der Waals surface area contributed by atoms with Crippen molar-refractivity contribution in [1.29, 1.82) is 0 Å². The monoisotopic (exact) mass is 645 g/mol. The molecule has 3 N–H and O–H groups in total. The van der Waals surface area contributed by atoms with Gasteiger partial charge in [-0.15, -0.1) is 23.1 Å². The number of rotatable bonds is 8. The van der Waals surface area contributed by atoms with Crippen LogP contribution in [0.2, 0.25) is 0 Å². The van der Waals surface area contributed by atoms with Gasteiger partial charge in [0.05, 0.1) is 23.8 Å². The SMILES string of the molecule is O=C(O)C(F)(F)F.O=C(O)CSc1ccc(-c2nc(C(=O)Nc3ccc(N4CCOCC4)cc3)c(-c3ccccc3)s2)cc1. The topological polar surface area (TPSA) is 129 Å². The van der Waals surface area contributed by atoms with Gasteiger partial charge in [-0.05, 0) is 42.0 Å². The summed E-state index contributed by atoms with van der Waals surface area (Å²) in [5.41, 5.74) is 3.97. The number of carboxylic acids is 2. The van der Waals surface area contributed by atoms with Crippen molar-refractivity contribution in [1.82, 2.24) is 4.98 Å². The molecule has 1 aliphatic rings. The number of halogens is 3. The average Bonchev–Trinajstić information content (AvgIpc) is 3.47. The van der Waals surface area contributed by atoms with E-state index >= 15 is 0 Å². The number of carbonyl (C=O) groups excluding carboxylic acids is 1. The smallest absolute Gasteiger partial charge is 0.481 e. The first kappa shape index (κ1) is 32.5. The van der Waals surface area contributed by atoms with Crippen LogP contribution in [0.15, 0.2) is 83.8 Å². The standard InChI is InChI=1S/C28H25N3O4S2.C2HF3O2/c32-24(33)18-36-23-12-6-20(7-13-23)28-30-25(26(37-28)19-4-2-1-3-5-19)27(34)29-21-8-10-22(11-9-21)31-14-16-35-17-15-31;3-2(4,5)1(6)7/h1-13H,14-18H2,(H,29,34)(H,32,33);(H,6,7). The van der Waals surface area contributed by atoms with Gasteiger partial charge >= 0.3 is 18.1 Å². The molecule has 44 heavy (non-hydrogen) atoms. The molecule has 0 unspecified atom stereocenters. The van der Waals surface area contributed by atoms with Crippen molar-refractivity contribution >= 4 is 52.3 Å². The third kappa shape index (κ3) is 9.05. The number of carbonyl (C=O) groups is 3. The van der Waals surface area contributed by atoms with Crippen LogP contribution in [0.1, 0.15) is 10.5 Å². The number of morpholine rings is 1. The molecule has 1 aliphatic heterocycles. The minimum absolute atomic E-state index is 0.00645. The first-order valence-corrected chi connectivity index (χ1v) is 14.9. The molecule has 0 atom stereocenters. The molecule has 1 amide bonds. The molecule has 1 fully saturated rings. The zero-order chi connectivity index (χ0) is 31.7. The van der Waals surface area contributed by atoms with Crippen molar-refractivity contribution in [3.63, 3.8) is 0 Å². The van der Waals surface area contributed by atoms with Crippen LogP contribution in [0.25, 0.3) is 21.0 Å².